The molecular weight excluding hydrogens is 687 g/mol. The van der Waals surface area contributed by atoms with E-state index in [4.69, 9.17) is 27.8 Å². The van der Waals surface area contributed by atoms with E-state index in [1.54, 1.807) is 7.11 Å². The van der Waals surface area contributed by atoms with Gasteiger partial charge in [0.1, 0.15) is 5.75 Å². The molecule has 2 amide bonds. The molecule has 2 atom stereocenters. The second kappa shape index (κ2) is 20.4. The number of nitrogens with zero attached hydrogens (tertiary/aromatic N) is 4. The zero-order valence-electron chi connectivity index (χ0n) is 28.7. The van der Waals surface area contributed by atoms with Gasteiger partial charge in [0.15, 0.2) is 22.5 Å². The Bertz CT molecular complexity index is 1480. The molecule has 14 heteroatoms. The van der Waals surface area contributed by atoms with Crippen LogP contribution in [0.5, 0.6) is 5.75 Å². The number of quaternary nitrogens is 1. The number of nitrogens with one attached hydrogen (secondary N) is 2. The highest BCUT2D eigenvalue weighted by atomic mass is 35.5. The number of hydrogen-bond acceptors (Lipinski definition) is 8. The van der Waals surface area contributed by atoms with Gasteiger partial charge in [0, 0.05) is 24.9 Å². The van der Waals surface area contributed by atoms with E-state index >= 15 is 0 Å². The number of aryl methyl sites for hydroxylation is 2. The summed E-state index contributed by atoms with van der Waals surface area (Å²) in [5.74, 6) is 0.398. The molecule has 0 aliphatic carbocycles. The lowest BCUT2D eigenvalue weighted by Gasteiger charge is -2.45. The predicted molar refractivity (Wildman–Crippen MR) is 195 cm³/mol. The van der Waals surface area contributed by atoms with E-state index in [0.717, 1.165) is 87.9 Å². The van der Waals surface area contributed by atoms with Gasteiger partial charge < -0.3 is 48.6 Å². The van der Waals surface area contributed by atoms with E-state index in [1.165, 1.54) is 11.1 Å². The van der Waals surface area contributed by atoms with Crippen LogP contribution in [0, 0.1) is 0 Å². The standard InChI is InChI=1S/C35H49ClN8O3.2ClH/c1-43(2)20-7-19-39-34(45)27-15-11-25(12-16-27)8-4-21-44(22-5-9-26-13-17-29(47-3)18-14-26)23-6-10-28(24-44)40-35(46)30-32(37)42-33(38)31(36)41-30;;/h11-18,28H,4-10,19-24H2,1-3H3,(H5-,37,38,39,40,42,45,46);2*1H. The van der Waals surface area contributed by atoms with Gasteiger partial charge in [-0.15, -0.1) is 12.4 Å². The first-order chi connectivity index (χ1) is 22.6. The Morgan fingerprint density at radius 1 is 0.939 bits per heavy atom. The van der Waals surface area contributed by atoms with Crippen LogP contribution in [-0.2, 0) is 12.8 Å². The van der Waals surface area contributed by atoms with E-state index in [-0.39, 0.29) is 65.2 Å². The number of aromatic nitrogens is 2. The van der Waals surface area contributed by atoms with Crippen molar-refractivity contribution in [1.82, 2.24) is 25.5 Å². The number of amides is 2. The Morgan fingerprint density at radius 2 is 1.55 bits per heavy atom. The fourth-order valence-electron chi connectivity index (χ4n) is 6.37. The summed E-state index contributed by atoms with van der Waals surface area (Å²) in [6.07, 6.45) is 6.68. The van der Waals surface area contributed by atoms with E-state index in [2.05, 4.69) is 49.8 Å². The molecule has 1 aliphatic heterocycles. The molecule has 0 spiro atoms. The Labute approximate surface area is 307 Å². The molecule has 1 fully saturated rings. The maximum absolute atomic E-state index is 13.2. The van der Waals surface area contributed by atoms with Gasteiger partial charge >= 0.3 is 0 Å². The molecule has 1 saturated heterocycles. The first-order valence-corrected chi connectivity index (χ1v) is 16.8. The maximum atomic E-state index is 13.2. The minimum Gasteiger partial charge on any atom is -1.00 e. The summed E-state index contributed by atoms with van der Waals surface area (Å²) in [7, 11) is 5.73. The number of benzene rings is 2. The number of hydrogen-bond donors (Lipinski definition) is 4. The third-order valence-corrected chi connectivity index (χ3v) is 9.16. The lowest BCUT2D eigenvalue weighted by Crippen LogP contribution is -3.00. The fraction of sp³-hybridized carbons (Fsp3) is 0.486. The molecule has 2 aromatic carbocycles. The van der Waals surface area contributed by atoms with Gasteiger partial charge in [0.2, 0.25) is 0 Å². The SMILES string of the molecule is COc1ccc(CCC[N+]2(CCCc3ccc(C(=O)NCCCN(C)C)cc3)CCCC(NC(=O)c3nc(Cl)c(N)nc3N)C2)cc1.Cl.[Cl-]. The van der Waals surface area contributed by atoms with Crippen molar-refractivity contribution in [3.05, 3.63) is 76.1 Å². The lowest BCUT2D eigenvalue weighted by atomic mass is 9.99. The Morgan fingerprint density at radius 3 is 2.14 bits per heavy atom. The minimum atomic E-state index is -0.387. The number of anilines is 2. The van der Waals surface area contributed by atoms with Gasteiger partial charge in [-0.05, 0) is 88.1 Å². The highest BCUT2D eigenvalue weighted by Gasteiger charge is 2.35. The number of methoxy groups -OCH3 is 1. The highest BCUT2D eigenvalue weighted by Crippen LogP contribution is 2.24. The molecule has 49 heavy (non-hydrogen) atoms. The molecule has 4 rings (SSSR count). The number of likely N-dealkylation sites (tertiary alicyclic amines) is 1. The van der Waals surface area contributed by atoms with E-state index in [0.29, 0.717) is 12.1 Å². The van der Waals surface area contributed by atoms with Crippen molar-refractivity contribution in [1.29, 1.82) is 0 Å². The van der Waals surface area contributed by atoms with Crippen molar-refractivity contribution >= 4 is 47.5 Å². The highest BCUT2D eigenvalue weighted by molar-refractivity contribution is 6.31. The van der Waals surface area contributed by atoms with Crippen LogP contribution in [0.3, 0.4) is 0 Å². The summed E-state index contributed by atoms with van der Waals surface area (Å²) in [5, 5.41) is 6.13. The zero-order valence-corrected chi connectivity index (χ0v) is 31.0. The van der Waals surface area contributed by atoms with Gasteiger partial charge in [-0.3, -0.25) is 9.59 Å². The third-order valence-electron chi connectivity index (χ3n) is 8.89. The number of carbonyl (C=O) groups excluding carboxylic acids is 2. The number of ether oxygens (including phenoxy) is 1. The van der Waals surface area contributed by atoms with Gasteiger partial charge in [-0.25, -0.2) is 9.97 Å². The second-order valence-corrected chi connectivity index (χ2v) is 13.2. The van der Waals surface area contributed by atoms with Crippen molar-refractivity contribution in [2.24, 2.45) is 0 Å². The van der Waals surface area contributed by atoms with Gasteiger partial charge in [0.25, 0.3) is 11.8 Å². The quantitative estimate of drug-likeness (QED) is 0.127. The summed E-state index contributed by atoms with van der Waals surface area (Å²) in [4.78, 5) is 35.9. The van der Waals surface area contributed by atoms with Crippen LogP contribution in [0.1, 0.15) is 64.1 Å². The smallest absolute Gasteiger partial charge is 0.274 e. The van der Waals surface area contributed by atoms with Crippen molar-refractivity contribution < 1.29 is 31.2 Å². The number of piperidine rings is 1. The molecule has 2 heterocycles. The van der Waals surface area contributed by atoms with E-state index in [1.807, 2.05) is 38.4 Å². The monoisotopic (exact) mass is 736 g/mol. The molecule has 0 bridgehead atoms. The zero-order chi connectivity index (χ0) is 33.8. The topological polar surface area (TPSA) is 148 Å². The summed E-state index contributed by atoms with van der Waals surface area (Å²) in [6, 6.07) is 16.2. The summed E-state index contributed by atoms with van der Waals surface area (Å²) in [6.45, 7) is 5.45. The molecule has 3 aromatic rings. The van der Waals surface area contributed by atoms with Crippen LogP contribution >= 0.6 is 24.0 Å². The average molecular weight is 738 g/mol. The number of nitrogens with two attached hydrogens (primary N) is 2. The molecule has 0 saturated carbocycles. The second-order valence-electron chi connectivity index (χ2n) is 12.8. The van der Waals surface area contributed by atoms with Crippen molar-refractivity contribution in [3.63, 3.8) is 0 Å². The molecule has 0 radical (unpaired) electrons. The first kappa shape index (κ1) is 41.8. The normalized spacial score (nSPS) is 17.0. The lowest BCUT2D eigenvalue weighted by molar-refractivity contribution is -0.933. The number of carbonyl (C=O) groups is 2. The largest absolute Gasteiger partial charge is 1.00 e. The summed E-state index contributed by atoms with van der Waals surface area (Å²) >= 11 is 6.04. The number of nitrogen functional groups attached to an aromatic ring is 2. The number of rotatable bonds is 16. The summed E-state index contributed by atoms with van der Waals surface area (Å²) in [5.41, 5.74) is 14.8. The van der Waals surface area contributed by atoms with E-state index < -0.39 is 0 Å². The van der Waals surface area contributed by atoms with Crippen molar-refractivity contribution in [2.45, 2.75) is 51.0 Å². The molecular formula is C35H51Cl3N8O3. The first-order valence-electron chi connectivity index (χ1n) is 16.5. The van der Waals surface area contributed by atoms with Crippen LogP contribution in [0.2, 0.25) is 5.15 Å². The molecule has 2 unspecified atom stereocenters. The van der Waals surface area contributed by atoms with Crippen molar-refractivity contribution in [3.8, 4) is 5.75 Å². The van der Waals surface area contributed by atoms with Crippen LogP contribution < -0.4 is 39.2 Å². The Kier molecular flexibility index (Phi) is 17.4. The predicted octanol–water partition coefficient (Wildman–Crippen LogP) is 1.38. The third kappa shape index (κ3) is 12.8. The molecule has 1 aromatic heterocycles. The minimum absolute atomic E-state index is 0. The van der Waals surface area contributed by atoms with Gasteiger partial charge in [0.05, 0.1) is 39.3 Å². The van der Waals surface area contributed by atoms with Crippen molar-refractivity contribution in [2.75, 3.05) is 71.9 Å². The van der Waals surface area contributed by atoms with Crippen LogP contribution in [0.4, 0.5) is 11.6 Å². The van der Waals surface area contributed by atoms with Gasteiger partial charge in [-0.1, -0.05) is 35.9 Å². The molecule has 270 valence electrons. The summed E-state index contributed by atoms with van der Waals surface area (Å²) < 4.78 is 6.23. The van der Waals surface area contributed by atoms with Crippen LogP contribution in [0.25, 0.3) is 0 Å². The average Bonchev–Trinajstić information content (AvgIpc) is 3.05. The molecule has 6 N–H and O–H groups in total. The Balaban J connectivity index is 0.00000417. The van der Waals surface area contributed by atoms with Crippen LogP contribution in [0.15, 0.2) is 48.5 Å². The van der Waals surface area contributed by atoms with Crippen LogP contribution in [-0.4, -0.2) is 97.7 Å². The maximum Gasteiger partial charge on any atom is 0.274 e. The van der Waals surface area contributed by atoms with Gasteiger partial charge in [-0.2, -0.15) is 0 Å². The fourth-order valence-corrected chi connectivity index (χ4v) is 6.50. The number of halogens is 3. The molecule has 11 nitrogen and oxygen atoms in total. The molecule has 1 aliphatic rings. The van der Waals surface area contributed by atoms with E-state index in [9.17, 15) is 9.59 Å². The Hall–Kier alpha value is -3.35.